The van der Waals surface area contributed by atoms with E-state index in [0.29, 0.717) is 12.0 Å². The highest BCUT2D eigenvalue weighted by Crippen LogP contribution is 2.24. The van der Waals surface area contributed by atoms with Crippen molar-refractivity contribution >= 4 is 11.6 Å². The van der Waals surface area contributed by atoms with Crippen LogP contribution in [-0.4, -0.2) is 6.04 Å². The summed E-state index contributed by atoms with van der Waals surface area (Å²) >= 11 is 5.79. The molecule has 1 aliphatic carbocycles. The summed E-state index contributed by atoms with van der Waals surface area (Å²) in [7, 11) is 0. The molecule has 19 heavy (non-hydrogen) atoms. The average molecular weight is 283 g/mol. The maximum atomic E-state index is 13.9. The number of hydrogen-bond acceptors (Lipinski definition) is 2. The van der Waals surface area contributed by atoms with Crippen LogP contribution in [0.4, 0.5) is 4.39 Å². The van der Waals surface area contributed by atoms with Crippen molar-refractivity contribution in [3.05, 3.63) is 46.3 Å². The third-order valence-electron chi connectivity index (χ3n) is 3.63. The van der Waals surface area contributed by atoms with E-state index in [0.717, 1.165) is 19.3 Å². The molecule has 0 fully saturated rings. The van der Waals surface area contributed by atoms with E-state index in [1.807, 2.05) is 0 Å². The highest BCUT2D eigenvalue weighted by Gasteiger charge is 2.15. The molecule has 0 aromatic heterocycles. The summed E-state index contributed by atoms with van der Waals surface area (Å²) in [6, 6.07) is 5.15. The Morgan fingerprint density at radius 3 is 2.84 bits per heavy atom. The van der Waals surface area contributed by atoms with Gasteiger partial charge in [-0.2, -0.15) is 0 Å². The number of rotatable bonds is 5. The first-order chi connectivity index (χ1) is 9.20. The van der Waals surface area contributed by atoms with E-state index in [1.165, 1.54) is 18.4 Å². The van der Waals surface area contributed by atoms with Crippen LogP contribution < -0.4 is 11.3 Å². The van der Waals surface area contributed by atoms with E-state index in [1.54, 1.807) is 18.2 Å². The minimum atomic E-state index is -0.331. The van der Waals surface area contributed by atoms with E-state index < -0.39 is 0 Å². The lowest BCUT2D eigenvalue weighted by atomic mass is 9.92. The van der Waals surface area contributed by atoms with Crippen molar-refractivity contribution in [2.75, 3.05) is 0 Å². The van der Waals surface area contributed by atoms with Crippen LogP contribution in [0.5, 0.6) is 0 Å². The Morgan fingerprint density at radius 2 is 2.16 bits per heavy atom. The third kappa shape index (κ3) is 4.03. The van der Waals surface area contributed by atoms with Gasteiger partial charge in [-0.15, -0.1) is 0 Å². The molecule has 1 aromatic rings. The molecule has 0 saturated heterocycles. The molecular weight excluding hydrogens is 263 g/mol. The predicted octanol–water partition coefficient (Wildman–Crippen LogP) is 3.74. The molecule has 2 rings (SSSR count). The number of hydrazine groups is 1. The van der Waals surface area contributed by atoms with Gasteiger partial charge in [0, 0.05) is 6.04 Å². The van der Waals surface area contributed by atoms with Gasteiger partial charge in [0.15, 0.2) is 0 Å². The largest absolute Gasteiger partial charge is 0.271 e. The van der Waals surface area contributed by atoms with Crippen LogP contribution in [0.1, 0.15) is 37.7 Å². The summed E-state index contributed by atoms with van der Waals surface area (Å²) in [5, 5.41) is 0.171. The van der Waals surface area contributed by atoms with Gasteiger partial charge in [-0.1, -0.05) is 35.4 Å². The van der Waals surface area contributed by atoms with Crippen LogP contribution in [0.25, 0.3) is 0 Å². The molecule has 0 heterocycles. The highest BCUT2D eigenvalue weighted by atomic mass is 35.5. The predicted molar refractivity (Wildman–Crippen MR) is 77.4 cm³/mol. The van der Waals surface area contributed by atoms with Gasteiger partial charge in [0.1, 0.15) is 5.82 Å². The first-order valence-corrected chi connectivity index (χ1v) is 7.15. The number of allylic oxidation sites excluding steroid dienone is 1. The van der Waals surface area contributed by atoms with E-state index in [2.05, 4.69) is 11.5 Å². The van der Waals surface area contributed by atoms with E-state index in [-0.39, 0.29) is 16.9 Å². The molecule has 104 valence electrons. The van der Waals surface area contributed by atoms with Crippen molar-refractivity contribution in [2.45, 2.75) is 44.6 Å². The number of nitrogens with one attached hydrogen (secondary N) is 1. The molecule has 4 heteroatoms. The molecule has 1 aliphatic rings. The molecule has 0 spiro atoms. The first-order valence-electron chi connectivity index (χ1n) is 6.77. The Morgan fingerprint density at radius 1 is 1.32 bits per heavy atom. The molecular formula is C15H20ClFN2. The second-order valence-electron chi connectivity index (χ2n) is 5.09. The lowest BCUT2D eigenvalue weighted by Crippen LogP contribution is -2.37. The average Bonchev–Trinajstić information content (AvgIpc) is 2.44. The molecule has 3 N–H and O–H groups in total. The van der Waals surface area contributed by atoms with Gasteiger partial charge in [-0.05, 0) is 50.2 Å². The van der Waals surface area contributed by atoms with Gasteiger partial charge in [-0.3, -0.25) is 11.3 Å². The monoisotopic (exact) mass is 282 g/mol. The summed E-state index contributed by atoms with van der Waals surface area (Å²) in [4.78, 5) is 0. The Kier molecular flexibility index (Phi) is 5.37. The van der Waals surface area contributed by atoms with Gasteiger partial charge in [0.2, 0.25) is 0 Å². The molecule has 0 saturated carbocycles. The normalized spacial score (nSPS) is 17.1. The van der Waals surface area contributed by atoms with Crippen molar-refractivity contribution in [2.24, 2.45) is 5.84 Å². The van der Waals surface area contributed by atoms with Crippen molar-refractivity contribution < 1.29 is 4.39 Å². The van der Waals surface area contributed by atoms with Gasteiger partial charge >= 0.3 is 0 Å². The van der Waals surface area contributed by atoms with E-state index in [4.69, 9.17) is 17.4 Å². The molecule has 1 aromatic carbocycles. The smallest absolute Gasteiger partial charge is 0.145 e. The Hall–Kier alpha value is -0.900. The zero-order chi connectivity index (χ0) is 13.7. The Bertz CT molecular complexity index is 459. The molecule has 0 amide bonds. The van der Waals surface area contributed by atoms with Crippen molar-refractivity contribution in [3.63, 3.8) is 0 Å². The summed E-state index contributed by atoms with van der Waals surface area (Å²) in [5.41, 5.74) is 4.84. The third-order valence-corrected chi connectivity index (χ3v) is 3.92. The molecule has 1 atom stereocenters. The van der Waals surface area contributed by atoms with Crippen LogP contribution in [0.2, 0.25) is 5.02 Å². The molecule has 0 aliphatic heterocycles. The molecule has 1 unspecified atom stereocenters. The molecule has 0 radical (unpaired) electrons. The van der Waals surface area contributed by atoms with E-state index in [9.17, 15) is 4.39 Å². The number of halogens is 2. The number of hydrogen-bond donors (Lipinski definition) is 2. The Balaban J connectivity index is 2.02. The molecule has 0 bridgehead atoms. The second-order valence-corrected chi connectivity index (χ2v) is 5.50. The number of nitrogens with two attached hydrogens (primary N) is 1. The van der Waals surface area contributed by atoms with Crippen LogP contribution in [0.3, 0.4) is 0 Å². The van der Waals surface area contributed by atoms with Crippen LogP contribution >= 0.6 is 11.6 Å². The lowest BCUT2D eigenvalue weighted by Gasteiger charge is -2.20. The minimum Gasteiger partial charge on any atom is -0.271 e. The van der Waals surface area contributed by atoms with Crippen LogP contribution in [0, 0.1) is 5.82 Å². The summed E-state index contributed by atoms with van der Waals surface area (Å²) < 4.78 is 13.9. The van der Waals surface area contributed by atoms with Crippen LogP contribution in [-0.2, 0) is 6.42 Å². The lowest BCUT2D eigenvalue weighted by molar-refractivity contribution is 0.492. The fraction of sp³-hybridized carbons (Fsp3) is 0.467. The standard InChI is InChI=1S/C15H20ClFN2/c16-14-8-4-7-12(15(14)17)10-13(19-18)9-11-5-2-1-3-6-11/h4-5,7-8,13,19H,1-3,6,9-10,18H2. The summed E-state index contributed by atoms with van der Waals surface area (Å²) in [5.74, 6) is 5.26. The van der Waals surface area contributed by atoms with Crippen molar-refractivity contribution in [1.82, 2.24) is 5.43 Å². The van der Waals surface area contributed by atoms with Crippen molar-refractivity contribution in [3.8, 4) is 0 Å². The van der Waals surface area contributed by atoms with E-state index >= 15 is 0 Å². The highest BCUT2D eigenvalue weighted by molar-refractivity contribution is 6.30. The van der Waals surface area contributed by atoms with Gasteiger partial charge in [0.05, 0.1) is 5.02 Å². The van der Waals surface area contributed by atoms with Gasteiger partial charge in [0.25, 0.3) is 0 Å². The zero-order valence-electron chi connectivity index (χ0n) is 11.0. The maximum Gasteiger partial charge on any atom is 0.145 e. The minimum absolute atomic E-state index is 0.0531. The van der Waals surface area contributed by atoms with Crippen molar-refractivity contribution in [1.29, 1.82) is 0 Å². The fourth-order valence-corrected chi connectivity index (χ4v) is 2.76. The SMILES string of the molecule is NNC(CC1=CCCCC1)Cc1cccc(Cl)c1F. The molecule has 2 nitrogen and oxygen atoms in total. The van der Waals surface area contributed by atoms with Gasteiger partial charge in [-0.25, -0.2) is 4.39 Å². The van der Waals surface area contributed by atoms with Gasteiger partial charge < -0.3 is 0 Å². The summed E-state index contributed by atoms with van der Waals surface area (Å²) in [6.07, 6.45) is 8.53. The topological polar surface area (TPSA) is 38.0 Å². The first kappa shape index (κ1) is 14.5. The maximum absolute atomic E-state index is 13.9. The fourth-order valence-electron chi connectivity index (χ4n) is 2.57. The Labute approximate surface area is 118 Å². The van der Waals surface area contributed by atoms with Crippen LogP contribution in [0.15, 0.2) is 29.8 Å². The summed E-state index contributed by atoms with van der Waals surface area (Å²) in [6.45, 7) is 0. The quantitative estimate of drug-likeness (QED) is 0.490. The second kappa shape index (κ2) is 7.04. The number of benzene rings is 1. The zero-order valence-corrected chi connectivity index (χ0v) is 11.7.